The minimum Gasteiger partial charge on any atom is -0.350 e. The maximum atomic E-state index is 13.5. The lowest BCUT2D eigenvalue weighted by atomic mass is 10.1. The first kappa shape index (κ1) is 26.4. The highest BCUT2D eigenvalue weighted by Gasteiger charge is 2.31. The molecule has 33 heavy (non-hydrogen) atoms. The Hall–Kier alpha value is -2.87. The predicted molar refractivity (Wildman–Crippen MR) is 132 cm³/mol. The summed E-state index contributed by atoms with van der Waals surface area (Å²) in [7, 11) is -3.75. The van der Waals surface area contributed by atoms with Crippen molar-refractivity contribution in [1.82, 2.24) is 10.2 Å². The van der Waals surface area contributed by atoms with Crippen molar-refractivity contribution < 1.29 is 18.0 Å². The standard InChI is InChI=1S/C25H35N3O4S/c1-18-13-14-19(2)22(15-18)28(33(7,31)32)17-23(29)27(16-21-11-9-8-10-12-21)20(3)24(30)26-25(4,5)6/h8-15,20H,16-17H2,1-7H3,(H,26,30). The zero-order valence-corrected chi connectivity index (χ0v) is 21.4. The SMILES string of the molecule is Cc1ccc(C)c(N(CC(=O)N(Cc2ccccc2)C(C)C(=O)NC(C)(C)C)S(C)(=O)=O)c1. The van der Waals surface area contributed by atoms with Gasteiger partial charge < -0.3 is 10.2 Å². The van der Waals surface area contributed by atoms with Crippen molar-refractivity contribution >= 4 is 27.5 Å². The number of benzene rings is 2. The summed E-state index contributed by atoms with van der Waals surface area (Å²) in [4.78, 5) is 27.9. The van der Waals surface area contributed by atoms with Gasteiger partial charge >= 0.3 is 0 Å². The molecule has 1 unspecified atom stereocenters. The predicted octanol–water partition coefficient (Wildman–Crippen LogP) is 3.40. The van der Waals surface area contributed by atoms with E-state index in [4.69, 9.17) is 0 Å². The Bertz CT molecular complexity index is 1090. The van der Waals surface area contributed by atoms with Crippen molar-refractivity contribution in [1.29, 1.82) is 0 Å². The summed E-state index contributed by atoms with van der Waals surface area (Å²) < 4.78 is 26.5. The van der Waals surface area contributed by atoms with Crippen LogP contribution in [0.1, 0.15) is 44.4 Å². The Morgan fingerprint density at radius 1 is 1.03 bits per heavy atom. The molecule has 0 radical (unpaired) electrons. The second-order valence-electron chi connectivity index (χ2n) is 9.48. The average Bonchev–Trinajstić information content (AvgIpc) is 2.70. The number of sulfonamides is 1. The molecule has 7 nitrogen and oxygen atoms in total. The molecule has 2 rings (SSSR count). The molecule has 0 heterocycles. The van der Waals surface area contributed by atoms with Crippen LogP contribution in [0.25, 0.3) is 0 Å². The fourth-order valence-corrected chi connectivity index (χ4v) is 4.32. The van der Waals surface area contributed by atoms with Crippen LogP contribution >= 0.6 is 0 Å². The van der Waals surface area contributed by atoms with Crippen LogP contribution in [0.2, 0.25) is 0 Å². The maximum Gasteiger partial charge on any atom is 0.244 e. The number of hydrogen-bond acceptors (Lipinski definition) is 4. The van der Waals surface area contributed by atoms with E-state index in [9.17, 15) is 18.0 Å². The van der Waals surface area contributed by atoms with Crippen molar-refractivity contribution in [3.63, 3.8) is 0 Å². The molecule has 0 saturated carbocycles. The van der Waals surface area contributed by atoms with E-state index in [1.54, 1.807) is 19.9 Å². The van der Waals surface area contributed by atoms with E-state index in [0.717, 1.165) is 27.3 Å². The molecule has 0 fully saturated rings. The summed E-state index contributed by atoms with van der Waals surface area (Å²) in [6.07, 6.45) is 1.08. The summed E-state index contributed by atoms with van der Waals surface area (Å²) in [5.41, 5.74) is 2.46. The van der Waals surface area contributed by atoms with Gasteiger partial charge in [0.05, 0.1) is 11.9 Å². The van der Waals surface area contributed by atoms with E-state index in [0.29, 0.717) is 5.69 Å². The van der Waals surface area contributed by atoms with E-state index in [-0.39, 0.29) is 12.5 Å². The number of nitrogens with one attached hydrogen (secondary N) is 1. The molecule has 180 valence electrons. The van der Waals surface area contributed by atoms with Crippen LogP contribution in [-0.4, -0.2) is 49.5 Å². The van der Waals surface area contributed by atoms with Crippen LogP contribution in [0, 0.1) is 13.8 Å². The first-order valence-electron chi connectivity index (χ1n) is 10.9. The Balaban J connectivity index is 2.42. The molecular weight excluding hydrogens is 438 g/mol. The number of carbonyl (C=O) groups excluding carboxylic acids is 2. The van der Waals surface area contributed by atoms with E-state index < -0.39 is 34.1 Å². The van der Waals surface area contributed by atoms with Gasteiger partial charge in [-0.05, 0) is 64.3 Å². The average molecular weight is 474 g/mol. The Morgan fingerprint density at radius 2 is 1.64 bits per heavy atom. The third-order valence-electron chi connectivity index (χ3n) is 5.17. The number of amides is 2. The third kappa shape index (κ3) is 7.60. The lowest BCUT2D eigenvalue weighted by Gasteiger charge is -2.33. The summed E-state index contributed by atoms with van der Waals surface area (Å²) in [6.45, 7) is 10.7. The van der Waals surface area contributed by atoms with Crippen molar-refractivity contribution in [2.24, 2.45) is 0 Å². The largest absolute Gasteiger partial charge is 0.350 e. The van der Waals surface area contributed by atoms with Gasteiger partial charge in [0.2, 0.25) is 21.8 Å². The summed E-state index contributed by atoms with van der Waals surface area (Å²) in [5, 5.41) is 2.91. The summed E-state index contributed by atoms with van der Waals surface area (Å²) >= 11 is 0. The van der Waals surface area contributed by atoms with Crippen molar-refractivity contribution in [2.75, 3.05) is 17.1 Å². The van der Waals surface area contributed by atoms with Crippen LogP contribution in [0.15, 0.2) is 48.5 Å². The van der Waals surface area contributed by atoms with E-state index in [1.807, 2.05) is 70.2 Å². The summed E-state index contributed by atoms with van der Waals surface area (Å²) in [6, 6.07) is 14.0. The van der Waals surface area contributed by atoms with Crippen molar-refractivity contribution in [3.8, 4) is 0 Å². The Kier molecular flexibility index (Phi) is 8.30. The van der Waals surface area contributed by atoms with Gasteiger partial charge in [-0.15, -0.1) is 0 Å². The fourth-order valence-electron chi connectivity index (χ4n) is 3.42. The minimum absolute atomic E-state index is 0.183. The molecule has 2 amide bonds. The smallest absolute Gasteiger partial charge is 0.244 e. The van der Waals surface area contributed by atoms with Gasteiger partial charge in [-0.3, -0.25) is 13.9 Å². The molecule has 2 aromatic carbocycles. The molecule has 2 aromatic rings. The second kappa shape index (κ2) is 10.4. The van der Waals surface area contributed by atoms with Crippen LogP contribution < -0.4 is 9.62 Å². The topological polar surface area (TPSA) is 86.8 Å². The number of aryl methyl sites for hydroxylation is 2. The van der Waals surface area contributed by atoms with Crippen molar-refractivity contribution in [3.05, 3.63) is 65.2 Å². The lowest BCUT2D eigenvalue weighted by molar-refractivity contribution is -0.140. The number of carbonyl (C=O) groups is 2. The first-order chi connectivity index (χ1) is 15.2. The van der Waals surface area contributed by atoms with Gasteiger partial charge in [0, 0.05) is 12.1 Å². The Morgan fingerprint density at radius 3 is 2.18 bits per heavy atom. The van der Waals surface area contributed by atoms with Gasteiger partial charge in [0.15, 0.2) is 0 Å². The van der Waals surface area contributed by atoms with E-state index in [1.165, 1.54) is 4.90 Å². The number of nitrogens with zero attached hydrogens (tertiary/aromatic N) is 2. The molecular formula is C25H35N3O4S. The number of anilines is 1. The molecule has 0 aromatic heterocycles. The highest BCUT2D eigenvalue weighted by Crippen LogP contribution is 2.24. The first-order valence-corrected chi connectivity index (χ1v) is 12.7. The van der Waals surface area contributed by atoms with Crippen LogP contribution in [0.4, 0.5) is 5.69 Å². The fraction of sp³-hybridized carbons (Fsp3) is 0.440. The molecule has 0 aliphatic rings. The highest BCUT2D eigenvalue weighted by molar-refractivity contribution is 7.92. The molecule has 0 bridgehead atoms. The lowest BCUT2D eigenvalue weighted by Crippen LogP contribution is -2.54. The zero-order valence-electron chi connectivity index (χ0n) is 20.5. The number of hydrogen-bond donors (Lipinski definition) is 1. The normalized spacial score (nSPS) is 12.7. The van der Waals surface area contributed by atoms with E-state index >= 15 is 0 Å². The van der Waals surface area contributed by atoms with Gasteiger partial charge in [0.25, 0.3) is 0 Å². The molecule has 8 heteroatoms. The van der Waals surface area contributed by atoms with Gasteiger partial charge in [0.1, 0.15) is 12.6 Å². The highest BCUT2D eigenvalue weighted by atomic mass is 32.2. The summed E-state index contributed by atoms with van der Waals surface area (Å²) in [5.74, 6) is -0.758. The molecule has 1 N–H and O–H groups in total. The quantitative estimate of drug-likeness (QED) is 0.637. The van der Waals surface area contributed by atoms with Crippen molar-refractivity contribution in [2.45, 2.75) is 59.7 Å². The second-order valence-corrected chi connectivity index (χ2v) is 11.4. The maximum absolute atomic E-state index is 13.5. The Labute approximate surface area is 197 Å². The molecule has 0 saturated heterocycles. The van der Waals surface area contributed by atoms with Crippen LogP contribution in [0.3, 0.4) is 0 Å². The minimum atomic E-state index is -3.75. The molecule has 0 spiro atoms. The molecule has 0 aliphatic carbocycles. The van der Waals surface area contributed by atoms with Gasteiger partial charge in [-0.2, -0.15) is 0 Å². The third-order valence-corrected chi connectivity index (χ3v) is 6.30. The van der Waals surface area contributed by atoms with Crippen LogP contribution in [-0.2, 0) is 26.2 Å². The zero-order chi connectivity index (χ0) is 25.0. The number of rotatable bonds is 8. The molecule has 1 atom stereocenters. The van der Waals surface area contributed by atoms with Crippen LogP contribution in [0.5, 0.6) is 0 Å². The van der Waals surface area contributed by atoms with Gasteiger partial charge in [-0.25, -0.2) is 8.42 Å². The van der Waals surface area contributed by atoms with E-state index in [2.05, 4.69) is 5.32 Å². The monoisotopic (exact) mass is 473 g/mol. The van der Waals surface area contributed by atoms with Gasteiger partial charge in [-0.1, -0.05) is 42.5 Å². The molecule has 0 aliphatic heterocycles.